The smallest absolute Gasteiger partial charge is 0.326 e. The van der Waals surface area contributed by atoms with Crippen molar-refractivity contribution in [2.45, 2.75) is 32.4 Å². The number of esters is 2. The highest BCUT2D eigenvalue weighted by Crippen LogP contribution is 2.18. The largest absolute Gasteiger partial charge is 0.480 e. The molecule has 2 rings (SSSR count). The molecule has 29 heavy (non-hydrogen) atoms. The number of hydrogen-bond acceptors (Lipinski definition) is 6. The molecule has 2 aromatic carbocycles. The molecular weight excluding hydrogens is 378 g/mol. The lowest BCUT2D eigenvalue weighted by molar-refractivity contribution is -0.145. The maximum Gasteiger partial charge on any atom is 0.326 e. The van der Waals surface area contributed by atoms with Crippen LogP contribution in [-0.4, -0.2) is 35.0 Å². The maximum atomic E-state index is 12.4. The Labute approximate surface area is 167 Å². The summed E-state index contributed by atoms with van der Waals surface area (Å²) in [5.41, 5.74) is 0.826. The molecule has 0 spiro atoms. The van der Waals surface area contributed by atoms with Crippen LogP contribution < -0.4 is 10.1 Å². The monoisotopic (exact) mass is 399 g/mol. The van der Waals surface area contributed by atoms with Crippen LogP contribution in [0.25, 0.3) is 0 Å². The third kappa shape index (κ3) is 7.10. The van der Waals surface area contributed by atoms with E-state index in [1.54, 1.807) is 24.3 Å². The summed E-state index contributed by atoms with van der Waals surface area (Å²) in [7, 11) is 0. The van der Waals surface area contributed by atoms with Gasteiger partial charge < -0.3 is 19.9 Å². The fourth-order valence-corrected chi connectivity index (χ4v) is 2.46. The number of aliphatic carboxylic acids is 1. The lowest BCUT2D eigenvalue weighted by Gasteiger charge is -2.15. The first kappa shape index (κ1) is 21.6. The second-order valence-electron chi connectivity index (χ2n) is 6.14. The van der Waals surface area contributed by atoms with Crippen molar-refractivity contribution in [1.82, 2.24) is 5.32 Å². The zero-order chi connectivity index (χ0) is 21.2. The molecule has 0 aromatic heterocycles. The second-order valence-corrected chi connectivity index (χ2v) is 6.14. The first-order chi connectivity index (χ1) is 13.9. The van der Waals surface area contributed by atoms with Gasteiger partial charge in [-0.05, 0) is 24.1 Å². The minimum absolute atomic E-state index is 0.0144. The van der Waals surface area contributed by atoms with E-state index in [1.807, 2.05) is 18.2 Å². The first-order valence-corrected chi connectivity index (χ1v) is 8.87. The topological polar surface area (TPSA) is 119 Å². The number of benzene rings is 2. The van der Waals surface area contributed by atoms with E-state index in [0.29, 0.717) is 0 Å². The molecule has 0 heterocycles. The van der Waals surface area contributed by atoms with Gasteiger partial charge in [0.2, 0.25) is 0 Å². The molecule has 8 heteroatoms. The molecule has 0 bridgehead atoms. The molecule has 0 unspecified atom stereocenters. The number of carboxylic acid groups (broad SMARTS) is 1. The fourth-order valence-electron chi connectivity index (χ4n) is 2.46. The summed E-state index contributed by atoms with van der Waals surface area (Å²) in [5, 5.41) is 11.7. The molecule has 2 N–H and O–H groups in total. The van der Waals surface area contributed by atoms with Crippen LogP contribution in [0.2, 0.25) is 0 Å². The van der Waals surface area contributed by atoms with Gasteiger partial charge in [0, 0.05) is 13.3 Å². The summed E-state index contributed by atoms with van der Waals surface area (Å²) < 4.78 is 10.1. The fraction of sp³-hybridized carbons (Fsp3) is 0.238. The number of rotatable bonds is 9. The van der Waals surface area contributed by atoms with E-state index in [1.165, 1.54) is 19.1 Å². The van der Waals surface area contributed by atoms with Crippen LogP contribution in [0.4, 0.5) is 0 Å². The predicted molar refractivity (Wildman–Crippen MR) is 102 cm³/mol. The Morgan fingerprint density at radius 3 is 2.31 bits per heavy atom. The highest BCUT2D eigenvalue weighted by molar-refractivity contribution is 5.99. The summed E-state index contributed by atoms with van der Waals surface area (Å²) in [4.78, 5) is 47.0. The van der Waals surface area contributed by atoms with Crippen molar-refractivity contribution in [2.75, 3.05) is 0 Å². The number of amides is 1. The Morgan fingerprint density at radius 1 is 1.00 bits per heavy atom. The number of ether oxygens (including phenoxy) is 2. The Bertz CT molecular complexity index is 880. The molecule has 0 saturated heterocycles. The minimum atomic E-state index is -1.31. The lowest BCUT2D eigenvalue weighted by Crippen LogP contribution is -2.41. The van der Waals surface area contributed by atoms with Gasteiger partial charge in [0.25, 0.3) is 5.91 Å². The third-order valence-electron chi connectivity index (χ3n) is 3.87. The summed E-state index contributed by atoms with van der Waals surface area (Å²) in [6.07, 6.45) is -0.333. The van der Waals surface area contributed by atoms with Crippen molar-refractivity contribution in [3.8, 4) is 5.75 Å². The van der Waals surface area contributed by atoms with Gasteiger partial charge in [-0.25, -0.2) is 4.79 Å². The molecule has 0 saturated carbocycles. The molecule has 8 nitrogen and oxygen atoms in total. The zero-order valence-corrected chi connectivity index (χ0v) is 15.8. The van der Waals surface area contributed by atoms with Crippen LogP contribution in [0.3, 0.4) is 0 Å². The van der Waals surface area contributed by atoms with E-state index in [0.717, 1.165) is 5.56 Å². The van der Waals surface area contributed by atoms with Gasteiger partial charge in [-0.3, -0.25) is 14.4 Å². The summed E-state index contributed by atoms with van der Waals surface area (Å²) in [6, 6.07) is 13.7. The predicted octanol–water partition coefficient (Wildman–Crippen LogP) is 2.32. The minimum Gasteiger partial charge on any atom is -0.480 e. The van der Waals surface area contributed by atoms with Gasteiger partial charge in [-0.2, -0.15) is 0 Å². The molecular formula is C21H21NO7. The summed E-state index contributed by atoms with van der Waals surface area (Å²) in [6.45, 7) is 1.27. The van der Waals surface area contributed by atoms with E-state index in [9.17, 15) is 24.3 Å². The number of nitrogens with one attached hydrogen (secondary N) is 1. The molecule has 0 radical (unpaired) electrons. The zero-order valence-electron chi connectivity index (χ0n) is 15.8. The molecule has 1 amide bonds. The normalized spacial score (nSPS) is 11.2. The van der Waals surface area contributed by atoms with Crippen LogP contribution in [-0.2, 0) is 25.7 Å². The molecule has 0 aliphatic rings. The number of carbonyl (C=O) groups is 4. The average molecular weight is 399 g/mol. The number of carbonyl (C=O) groups excluding carboxylic acids is 3. The SMILES string of the molecule is CC(=O)Oc1ccccc1C(=O)N[C@@H](CCC(=O)OCc1ccccc1)C(=O)O. The number of para-hydroxylation sites is 1. The molecule has 0 aliphatic carbocycles. The van der Waals surface area contributed by atoms with Gasteiger partial charge >= 0.3 is 17.9 Å². The lowest BCUT2D eigenvalue weighted by atomic mass is 10.1. The van der Waals surface area contributed by atoms with Gasteiger partial charge in [0.05, 0.1) is 5.56 Å². The van der Waals surface area contributed by atoms with Crippen LogP contribution >= 0.6 is 0 Å². The van der Waals surface area contributed by atoms with Crippen LogP contribution in [0.1, 0.15) is 35.7 Å². The van der Waals surface area contributed by atoms with E-state index in [2.05, 4.69) is 5.32 Å². The van der Waals surface area contributed by atoms with Gasteiger partial charge in [0.1, 0.15) is 18.4 Å². The highest BCUT2D eigenvalue weighted by Gasteiger charge is 2.24. The van der Waals surface area contributed by atoms with Crippen LogP contribution in [0.5, 0.6) is 5.75 Å². The molecule has 1 atom stereocenters. The quantitative estimate of drug-likeness (QED) is 0.490. The molecule has 0 fully saturated rings. The summed E-state index contributed by atoms with van der Waals surface area (Å²) in [5.74, 6) is -3.19. The van der Waals surface area contributed by atoms with Crippen molar-refractivity contribution in [3.63, 3.8) is 0 Å². The highest BCUT2D eigenvalue weighted by atomic mass is 16.5. The molecule has 2 aromatic rings. The van der Waals surface area contributed by atoms with Crippen LogP contribution in [0, 0.1) is 0 Å². The van der Waals surface area contributed by atoms with Gasteiger partial charge in [-0.15, -0.1) is 0 Å². The Morgan fingerprint density at radius 2 is 1.66 bits per heavy atom. The average Bonchev–Trinajstić information content (AvgIpc) is 2.70. The Kier molecular flexibility index (Phi) is 7.90. The second kappa shape index (κ2) is 10.6. The molecule has 0 aliphatic heterocycles. The third-order valence-corrected chi connectivity index (χ3v) is 3.87. The van der Waals surface area contributed by atoms with E-state index < -0.39 is 29.9 Å². The van der Waals surface area contributed by atoms with Crippen molar-refractivity contribution in [2.24, 2.45) is 0 Å². The number of hydrogen-bond donors (Lipinski definition) is 2. The van der Waals surface area contributed by atoms with E-state index in [4.69, 9.17) is 9.47 Å². The van der Waals surface area contributed by atoms with Crippen LogP contribution in [0.15, 0.2) is 54.6 Å². The van der Waals surface area contributed by atoms with E-state index in [-0.39, 0.29) is 30.8 Å². The van der Waals surface area contributed by atoms with E-state index >= 15 is 0 Å². The van der Waals surface area contributed by atoms with Crippen molar-refractivity contribution in [3.05, 3.63) is 65.7 Å². The standard InChI is InChI=1S/C21H21NO7/c1-14(23)29-18-10-6-5-9-16(18)20(25)22-17(21(26)27)11-12-19(24)28-13-15-7-3-2-4-8-15/h2-10,17H,11-13H2,1H3,(H,22,25)(H,26,27)/t17-/m0/s1. The first-order valence-electron chi connectivity index (χ1n) is 8.87. The Hall–Kier alpha value is -3.68. The van der Waals surface area contributed by atoms with Crippen molar-refractivity contribution < 1.29 is 33.8 Å². The van der Waals surface area contributed by atoms with Gasteiger partial charge in [0.15, 0.2) is 0 Å². The van der Waals surface area contributed by atoms with Crippen molar-refractivity contribution in [1.29, 1.82) is 0 Å². The Balaban J connectivity index is 1.93. The molecule has 152 valence electrons. The maximum absolute atomic E-state index is 12.4. The van der Waals surface area contributed by atoms with Gasteiger partial charge in [-0.1, -0.05) is 42.5 Å². The summed E-state index contributed by atoms with van der Waals surface area (Å²) >= 11 is 0. The number of carboxylic acids is 1. The van der Waals surface area contributed by atoms with Crippen molar-refractivity contribution >= 4 is 23.8 Å².